The van der Waals surface area contributed by atoms with Gasteiger partial charge in [0.15, 0.2) is 0 Å². The van der Waals surface area contributed by atoms with Crippen LogP contribution in [0.25, 0.3) is 0 Å². The van der Waals surface area contributed by atoms with E-state index in [0.29, 0.717) is 0 Å². The zero-order valence-electron chi connectivity index (χ0n) is 11.3. The van der Waals surface area contributed by atoms with Crippen molar-refractivity contribution in [3.05, 3.63) is 32.5 Å². The SMILES string of the molecule is CC(C)(C)NC(=O)CNc1cc(Br)c(F)cc1[N+](=O)[O-]. The maximum absolute atomic E-state index is 13.3. The van der Waals surface area contributed by atoms with Crippen LogP contribution in [-0.4, -0.2) is 22.9 Å². The molecule has 6 nitrogen and oxygen atoms in total. The molecule has 0 aromatic heterocycles. The fraction of sp³-hybridized carbons (Fsp3) is 0.417. The summed E-state index contributed by atoms with van der Waals surface area (Å²) in [6.07, 6.45) is 0. The first-order chi connectivity index (χ1) is 9.10. The standard InChI is InChI=1S/C12H15BrFN3O3/c1-12(2,3)16-11(18)6-15-9-4-7(13)8(14)5-10(9)17(19)20/h4-5,15H,6H2,1-3H3,(H,16,18). The first-order valence-electron chi connectivity index (χ1n) is 5.78. The molecule has 1 rings (SSSR count). The predicted octanol–water partition coefficient (Wildman–Crippen LogP) is 2.82. The Kier molecular flexibility index (Phi) is 5.04. The molecule has 0 spiro atoms. The molecule has 0 aliphatic heterocycles. The molecular weight excluding hydrogens is 333 g/mol. The van der Waals surface area contributed by atoms with Crippen LogP contribution in [0.2, 0.25) is 0 Å². The number of anilines is 1. The monoisotopic (exact) mass is 347 g/mol. The van der Waals surface area contributed by atoms with Crippen LogP contribution >= 0.6 is 15.9 Å². The van der Waals surface area contributed by atoms with Gasteiger partial charge in [0.1, 0.15) is 11.5 Å². The molecule has 0 saturated heterocycles. The Balaban J connectivity index is 2.85. The number of carbonyl (C=O) groups is 1. The van der Waals surface area contributed by atoms with Crippen LogP contribution in [0.3, 0.4) is 0 Å². The molecule has 0 aliphatic rings. The Hall–Kier alpha value is -1.70. The molecule has 0 atom stereocenters. The summed E-state index contributed by atoms with van der Waals surface area (Å²) in [7, 11) is 0. The van der Waals surface area contributed by atoms with Gasteiger partial charge in [0.25, 0.3) is 5.69 Å². The molecule has 0 saturated carbocycles. The quantitative estimate of drug-likeness (QED) is 0.647. The highest BCUT2D eigenvalue weighted by Gasteiger charge is 2.19. The number of nitrogens with zero attached hydrogens (tertiary/aromatic N) is 1. The molecule has 0 fully saturated rings. The van der Waals surface area contributed by atoms with Crippen LogP contribution in [-0.2, 0) is 4.79 Å². The van der Waals surface area contributed by atoms with Gasteiger partial charge in [0.05, 0.1) is 22.0 Å². The van der Waals surface area contributed by atoms with Crippen molar-refractivity contribution < 1.29 is 14.1 Å². The minimum atomic E-state index is -0.735. The number of nitrogens with one attached hydrogen (secondary N) is 2. The summed E-state index contributed by atoms with van der Waals surface area (Å²) in [5.41, 5.74) is -0.741. The second kappa shape index (κ2) is 6.17. The second-order valence-electron chi connectivity index (χ2n) is 5.19. The molecule has 20 heavy (non-hydrogen) atoms. The normalized spacial score (nSPS) is 11.1. The number of carbonyl (C=O) groups excluding carboxylic acids is 1. The Morgan fingerprint density at radius 2 is 2.05 bits per heavy atom. The van der Waals surface area contributed by atoms with Crippen molar-refractivity contribution in [2.75, 3.05) is 11.9 Å². The van der Waals surface area contributed by atoms with E-state index >= 15 is 0 Å². The van der Waals surface area contributed by atoms with E-state index in [1.54, 1.807) is 0 Å². The fourth-order valence-corrected chi connectivity index (χ4v) is 1.81. The summed E-state index contributed by atoms with van der Waals surface area (Å²) in [4.78, 5) is 21.8. The smallest absolute Gasteiger partial charge is 0.295 e. The van der Waals surface area contributed by atoms with Crippen molar-refractivity contribution in [1.82, 2.24) is 5.32 Å². The van der Waals surface area contributed by atoms with Crippen LogP contribution in [0.5, 0.6) is 0 Å². The van der Waals surface area contributed by atoms with Gasteiger partial charge in [-0.3, -0.25) is 14.9 Å². The number of nitro benzene ring substituents is 1. The maximum Gasteiger partial charge on any atom is 0.295 e. The predicted molar refractivity (Wildman–Crippen MR) is 77.1 cm³/mol. The first kappa shape index (κ1) is 16.4. The van der Waals surface area contributed by atoms with Crippen LogP contribution < -0.4 is 10.6 Å². The third kappa shape index (κ3) is 4.76. The van der Waals surface area contributed by atoms with Gasteiger partial charge in [0, 0.05) is 5.54 Å². The first-order valence-corrected chi connectivity index (χ1v) is 6.58. The summed E-state index contributed by atoms with van der Waals surface area (Å²) in [6, 6.07) is 2.03. The van der Waals surface area contributed by atoms with E-state index in [0.717, 1.165) is 6.07 Å². The van der Waals surface area contributed by atoms with E-state index < -0.39 is 22.0 Å². The molecule has 0 heterocycles. The highest BCUT2D eigenvalue weighted by atomic mass is 79.9. The van der Waals surface area contributed by atoms with Gasteiger partial charge in [-0.05, 0) is 42.8 Å². The second-order valence-corrected chi connectivity index (χ2v) is 6.05. The number of hydrogen-bond acceptors (Lipinski definition) is 4. The van der Waals surface area contributed by atoms with Gasteiger partial charge in [-0.25, -0.2) is 4.39 Å². The number of rotatable bonds is 4. The molecule has 0 aliphatic carbocycles. The summed E-state index contributed by atoms with van der Waals surface area (Å²) in [6.45, 7) is 5.32. The maximum atomic E-state index is 13.3. The third-order valence-corrected chi connectivity index (χ3v) is 2.80. The highest BCUT2D eigenvalue weighted by Crippen LogP contribution is 2.30. The summed E-state index contributed by atoms with van der Waals surface area (Å²) >= 11 is 2.95. The number of hydrogen-bond donors (Lipinski definition) is 2. The van der Waals surface area contributed by atoms with E-state index in [4.69, 9.17) is 0 Å². The van der Waals surface area contributed by atoms with Crippen molar-refractivity contribution in [3.63, 3.8) is 0 Å². The Morgan fingerprint density at radius 3 is 2.55 bits per heavy atom. The Bertz CT molecular complexity index is 543. The molecule has 2 N–H and O–H groups in total. The lowest BCUT2D eigenvalue weighted by atomic mass is 10.1. The molecule has 1 aromatic rings. The number of nitro groups is 1. The zero-order chi connectivity index (χ0) is 15.5. The van der Waals surface area contributed by atoms with Crippen LogP contribution in [0, 0.1) is 15.9 Å². The minimum absolute atomic E-state index is 0.0762. The lowest BCUT2D eigenvalue weighted by Gasteiger charge is -2.20. The lowest BCUT2D eigenvalue weighted by Crippen LogP contribution is -2.43. The molecule has 1 aromatic carbocycles. The van der Waals surface area contributed by atoms with Crippen molar-refractivity contribution in [2.45, 2.75) is 26.3 Å². The van der Waals surface area contributed by atoms with Crippen molar-refractivity contribution in [1.29, 1.82) is 0 Å². The molecule has 0 unspecified atom stereocenters. The summed E-state index contributed by atoms with van der Waals surface area (Å²) in [5, 5.41) is 16.2. The number of halogens is 2. The highest BCUT2D eigenvalue weighted by molar-refractivity contribution is 9.10. The van der Waals surface area contributed by atoms with Gasteiger partial charge in [0.2, 0.25) is 5.91 Å². The van der Waals surface area contributed by atoms with Gasteiger partial charge in [-0.1, -0.05) is 0 Å². The van der Waals surface area contributed by atoms with E-state index in [-0.39, 0.29) is 22.6 Å². The summed E-state index contributed by atoms with van der Waals surface area (Å²) in [5.74, 6) is -1.05. The van der Waals surface area contributed by atoms with Crippen LogP contribution in [0.15, 0.2) is 16.6 Å². The van der Waals surface area contributed by atoms with Crippen molar-refractivity contribution in [2.24, 2.45) is 0 Å². The lowest BCUT2D eigenvalue weighted by molar-refractivity contribution is -0.384. The van der Waals surface area contributed by atoms with Crippen LogP contribution in [0.1, 0.15) is 20.8 Å². The largest absolute Gasteiger partial charge is 0.371 e. The zero-order valence-corrected chi connectivity index (χ0v) is 12.9. The van der Waals surface area contributed by atoms with Gasteiger partial charge in [-0.15, -0.1) is 0 Å². The molecule has 110 valence electrons. The third-order valence-electron chi connectivity index (χ3n) is 2.19. The molecule has 0 radical (unpaired) electrons. The number of benzene rings is 1. The minimum Gasteiger partial charge on any atom is -0.371 e. The van der Waals surface area contributed by atoms with E-state index in [2.05, 4.69) is 26.6 Å². The molecule has 1 amide bonds. The van der Waals surface area contributed by atoms with Crippen LogP contribution in [0.4, 0.5) is 15.8 Å². The van der Waals surface area contributed by atoms with Crippen molar-refractivity contribution in [3.8, 4) is 0 Å². The van der Waals surface area contributed by atoms with E-state index in [9.17, 15) is 19.3 Å². The Morgan fingerprint density at radius 1 is 1.45 bits per heavy atom. The average Bonchev–Trinajstić information content (AvgIpc) is 2.27. The van der Waals surface area contributed by atoms with E-state index in [1.807, 2.05) is 20.8 Å². The fourth-order valence-electron chi connectivity index (χ4n) is 1.47. The van der Waals surface area contributed by atoms with Gasteiger partial charge in [-0.2, -0.15) is 0 Å². The van der Waals surface area contributed by atoms with Gasteiger partial charge >= 0.3 is 0 Å². The molecule has 8 heteroatoms. The van der Waals surface area contributed by atoms with Crippen molar-refractivity contribution >= 4 is 33.2 Å². The van der Waals surface area contributed by atoms with Gasteiger partial charge < -0.3 is 10.6 Å². The summed E-state index contributed by atoms with van der Waals surface area (Å²) < 4.78 is 13.4. The topological polar surface area (TPSA) is 84.3 Å². The van der Waals surface area contributed by atoms with E-state index in [1.165, 1.54) is 6.07 Å². The number of amides is 1. The Labute approximate surface area is 124 Å². The molecule has 0 bridgehead atoms. The molecular formula is C12H15BrFN3O3. The average molecular weight is 348 g/mol.